The summed E-state index contributed by atoms with van der Waals surface area (Å²) < 4.78 is 0. The van der Waals surface area contributed by atoms with Gasteiger partial charge in [0.05, 0.1) is 0 Å². The number of nitrogens with zero attached hydrogens (tertiary/aromatic N) is 2. The zero-order valence-corrected chi connectivity index (χ0v) is 10.5. The molecule has 1 radical (unpaired) electrons. The van der Waals surface area contributed by atoms with Gasteiger partial charge in [0.2, 0.25) is 0 Å². The van der Waals surface area contributed by atoms with Crippen molar-refractivity contribution < 1.29 is 42.3 Å². The molecule has 0 aliphatic heterocycles. The minimum atomic E-state index is -1.04. The summed E-state index contributed by atoms with van der Waals surface area (Å²) in [5.41, 5.74) is 0.0999. The van der Waals surface area contributed by atoms with Crippen LogP contribution < -0.4 is 0 Å². The molecule has 0 saturated carbocycles. The first-order valence-corrected chi connectivity index (χ1v) is 4.44. The van der Waals surface area contributed by atoms with E-state index in [1.165, 1.54) is 13.8 Å². The fourth-order valence-corrected chi connectivity index (χ4v) is 0.699. The van der Waals surface area contributed by atoms with E-state index in [4.69, 9.17) is 10.2 Å². The third-order valence-corrected chi connectivity index (χ3v) is 1.63. The molecular formula is C9H17CuN2O5+. The molecule has 0 amide bonds. The minimum absolute atomic E-state index is 0. The number of carbonyl (C=O) groups is 2. The van der Waals surface area contributed by atoms with Crippen LogP contribution in [-0.2, 0) is 32.1 Å². The smallest absolute Gasteiger partial charge is 0.349 e. The van der Waals surface area contributed by atoms with Gasteiger partial charge in [-0.1, -0.05) is 0 Å². The Bertz CT molecular complexity index is 285. The molecule has 103 valence electrons. The van der Waals surface area contributed by atoms with Crippen LogP contribution >= 0.6 is 0 Å². The van der Waals surface area contributed by atoms with E-state index >= 15 is 0 Å². The van der Waals surface area contributed by atoms with Gasteiger partial charge in [-0.25, -0.2) is 9.59 Å². The fraction of sp³-hybridized carbons (Fsp3) is 0.556. The van der Waals surface area contributed by atoms with Crippen molar-refractivity contribution in [3.05, 3.63) is 0 Å². The molecule has 0 spiro atoms. The van der Waals surface area contributed by atoms with Gasteiger partial charge in [0.25, 0.3) is 0 Å². The maximum absolute atomic E-state index is 10.3. The van der Waals surface area contributed by atoms with Crippen LogP contribution in [0.3, 0.4) is 0 Å². The van der Waals surface area contributed by atoms with Crippen molar-refractivity contribution in [3.63, 3.8) is 0 Å². The van der Waals surface area contributed by atoms with Crippen LogP contribution in [0.15, 0.2) is 9.98 Å². The zero-order chi connectivity index (χ0) is 11.8. The molecule has 0 aliphatic carbocycles. The number of carboxylic acid groups (broad SMARTS) is 2. The van der Waals surface area contributed by atoms with Gasteiger partial charge in [0, 0.05) is 30.2 Å². The third kappa shape index (κ3) is 11.0. The van der Waals surface area contributed by atoms with E-state index in [2.05, 4.69) is 9.98 Å². The van der Waals surface area contributed by atoms with Gasteiger partial charge in [-0.2, -0.15) is 0 Å². The Morgan fingerprint density at radius 3 is 1.47 bits per heavy atom. The first-order chi connectivity index (χ1) is 6.95. The molecule has 0 fully saturated rings. The normalized spacial score (nSPS) is 11.2. The predicted octanol–water partition coefficient (Wildman–Crippen LogP) is -0.457. The Morgan fingerprint density at radius 1 is 0.941 bits per heavy atom. The molecule has 0 heterocycles. The summed E-state index contributed by atoms with van der Waals surface area (Å²) in [4.78, 5) is 28.2. The first kappa shape index (κ1) is 21.1. The molecule has 7 nitrogen and oxygen atoms in total. The molecule has 5 N–H and O–H groups in total. The van der Waals surface area contributed by atoms with Crippen LogP contribution in [0, 0.1) is 0 Å². The first-order valence-electron chi connectivity index (χ1n) is 4.44. The summed E-state index contributed by atoms with van der Waals surface area (Å²) >= 11 is 0. The average molecular weight is 297 g/mol. The minimum Gasteiger partial charge on any atom is -0.477 e. The topological polar surface area (TPSA) is 132 Å². The van der Waals surface area contributed by atoms with Crippen LogP contribution in [0.5, 0.6) is 0 Å². The standard InChI is InChI=1S/C9H14N2O4.Cu.H2O/c1-6(8(12)13)10-4-3-5-11-7(2)9(14)15;;/h3-5H2,1-2H3,(H,12,13)(H,14,15);;1H2/p+1. The van der Waals surface area contributed by atoms with Crippen molar-refractivity contribution in [2.45, 2.75) is 20.3 Å². The molecule has 0 aromatic carbocycles. The summed E-state index contributed by atoms with van der Waals surface area (Å²) in [6, 6.07) is 0. The van der Waals surface area contributed by atoms with Crippen LogP contribution in [0.4, 0.5) is 0 Å². The van der Waals surface area contributed by atoms with E-state index in [-0.39, 0.29) is 34.0 Å². The second kappa shape index (κ2) is 11.3. The van der Waals surface area contributed by atoms with Gasteiger partial charge >= 0.3 is 11.9 Å². The van der Waals surface area contributed by atoms with E-state index in [9.17, 15) is 9.59 Å². The van der Waals surface area contributed by atoms with E-state index in [1.807, 2.05) is 0 Å². The van der Waals surface area contributed by atoms with Gasteiger partial charge in [0.15, 0.2) is 0 Å². The van der Waals surface area contributed by atoms with Gasteiger partial charge in [-0.15, -0.1) is 0 Å². The number of hydrogen-bond donors (Lipinski definition) is 2. The van der Waals surface area contributed by atoms with Crippen molar-refractivity contribution in [3.8, 4) is 0 Å². The van der Waals surface area contributed by atoms with Crippen LogP contribution in [0.1, 0.15) is 20.3 Å². The maximum Gasteiger partial charge on any atom is 0.349 e. The Balaban J connectivity index is -0.000000980. The Kier molecular flexibility index (Phi) is 14.0. The molecule has 0 aromatic rings. The van der Waals surface area contributed by atoms with Gasteiger partial charge in [0.1, 0.15) is 11.4 Å². The van der Waals surface area contributed by atoms with Crippen molar-refractivity contribution in [2.24, 2.45) is 9.98 Å². The summed E-state index contributed by atoms with van der Waals surface area (Å²) in [5.74, 6) is -2.08. The number of aliphatic carboxylic acids is 2. The van der Waals surface area contributed by atoms with Crippen molar-refractivity contribution in [1.82, 2.24) is 0 Å². The molecule has 0 aliphatic rings. The second-order valence-electron chi connectivity index (χ2n) is 2.90. The average Bonchev–Trinajstić information content (AvgIpc) is 2.16. The summed E-state index contributed by atoms with van der Waals surface area (Å²) in [6.07, 6.45) is 0.537. The second-order valence-corrected chi connectivity index (χ2v) is 2.90. The summed E-state index contributed by atoms with van der Waals surface area (Å²) in [7, 11) is 0. The molecule has 17 heavy (non-hydrogen) atoms. The van der Waals surface area contributed by atoms with Crippen LogP contribution in [0.2, 0.25) is 0 Å². The Morgan fingerprint density at radius 2 is 1.24 bits per heavy atom. The molecule has 0 atom stereocenters. The molecule has 0 aromatic heterocycles. The molecule has 0 rings (SSSR count). The Labute approximate surface area is 109 Å². The van der Waals surface area contributed by atoms with E-state index < -0.39 is 11.9 Å². The number of rotatable bonds is 6. The van der Waals surface area contributed by atoms with Crippen LogP contribution in [0.25, 0.3) is 0 Å². The van der Waals surface area contributed by atoms with E-state index in [0.717, 1.165) is 0 Å². The van der Waals surface area contributed by atoms with Gasteiger partial charge in [-0.3, -0.25) is 9.98 Å². The van der Waals surface area contributed by atoms with Crippen molar-refractivity contribution >= 4 is 23.4 Å². The van der Waals surface area contributed by atoms with Gasteiger partial charge < -0.3 is 15.7 Å². The van der Waals surface area contributed by atoms with Crippen molar-refractivity contribution in [1.29, 1.82) is 0 Å². The molecule has 0 unspecified atom stereocenters. The number of carboxylic acids is 2. The number of aliphatic imine (C=N–C) groups is 2. The third-order valence-electron chi connectivity index (χ3n) is 1.63. The monoisotopic (exact) mass is 296 g/mol. The molecule has 8 heteroatoms. The van der Waals surface area contributed by atoms with E-state index in [0.29, 0.717) is 19.5 Å². The zero-order valence-electron chi connectivity index (χ0n) is 9.61. The van der Waals surface area contributed by atoms with Gasteiger partial charge in [-0.05, 0) is 20.3 Å². The van der Waals surface area contributed by atoms with Crippen molar-refractivity contribution in [2.75, 3.05) is 13.1 Å². The Hall–Kier alpha value is -1.24. The SMILES string of the molecule is CC(=NCCCN=C(C)C(=O)O)C(=O)O.[Cu].[OH3+]. The fourth-order valence-electron chi connectivity index (χ4n) is 0.699. The molecular weight excluding hydrogens is 280 g/mol. The molecule has 0 saturated heterocycles. The molecule has 0 bridgehead atoms. The van der Waals surface area contributed by atoms with Crippen LogP contribution in [-0.4, -0.2) is 46.7 Å². The summed E-state index contributed by atoms with van der Waals surface area (Å²) in [5, 5.41) is 16.9. The number of hydrogen-bond acceptors (Lipinski definition) is 4. The summed E-state index contributed by atoms with van der Waals surface area (Å²) in [6.45, 7) is 3.51. The largest absolute Gasteiger partial charge is 0.477 e. The predicted molar refractivity (Wildman–Crippen MR) is 60.7 cm³/mol. The van der Waals surface area contributed by atoms with E-state index in [1.54, 1.807) is 0 Å². The quantitative estimate of drug-likeness (QED) is 0.297. The maximum atomic E-state index is 10.3.